The van der Waals surface area contributed by atoms with E-state index < -0.39 is 23.3 Å². The Morgan fingerprint density at radius 1 is 0.357 bits per heavy atom. The Balaban J connectivity index is 7.83. The minimum atomic E-state index is -2.25. The summed E-state index contributed by atoms with van der Waals surface area (Å²) in [7, 11) is -6.15. The average Bonchev–Trinajstić information content (AvgIpc) is 2.14. The van der Waals surface area contributed by atoms with Crippen molar-refractivity contribution < 1.29 is 4.80 Å². The van der Waals surface area contributed by atoms with Crippen LogP contribution in [0.2, 0.25) is 30.2 Å². The molecule has 1 N–H and O–H groups in total. The summed E-state index contributed by atoms with van der Waals surface area (Å²) >= 11 is 0. The summed E-state index contributed by atoms with van der Waals surface area (Å²) in [6.07, 6.45) is 0. The van der Waals surface area contributed by atoms with Crippen LogP contribution in [0, 0.1) is 0 Å². The van der Waals surface area contributed by atoms with E-state index in [9.17, 15) is 4.80 Å². The highest BCUT2D eigenvalue weighted by atomic mass is 29.6. The Morgan fingerprint density at radius 2 is 0.464 bits per heavy atom. The summed E-state index contributed by atoms with van der Waals surface area (Å²) in [6.45, 7) is 44.1. The van der Waals surface area contributed by atoms with Gasteiger partial charge in [-0.25, -0.2) is 0 Å². The fraction of sp³-hybridized carbons (Fsp3) is 1.00. The van der Waals surface area contributed by atoms with Crippen molar-refractivity contribution >= 4 is 23.3 Å². The topological polar surface area (TPSA) is 20.2 Å². The molecule has 0 aliphatic heterocycles. The molecule has 0 saturated heterocycles. The molecule has 0 atom stereocenters. The largest absolute Gasteiger partial charge is 0.438 e. The SMILES string of the molecule is CC(C)(C)[Si]([Si](O)[Si](C(C)(C)C)(C(C)(C)C)C(C)(C)C)(C(C)(C)C)C(C)(C)C. The van der Waals surface area contributed by atoms with E-state index >= 15 is 0 Å². The van der Waals surface area contributed by atoms with Crippen molar-refractivity contribution in [2.75, 3.05) is 0 Å². The third-order valence-corrected chi connectivity index (χ3v) is 46.9. The van der Waals surface area contributed by atoms with Gasteiger partial charge in [-0.05, 0) is 30.2 Å². The lowest BCUT2D eigenvalue weighted by molar-refractivity contribution is 0.504. The molecular weight excluding hydrogens is 389 g/mol. The molecule has 0 unspecified atom stereocenters. The molecule has 28 heavy (non-hydrogen) atoms. The summed E-state index contributed by atoms with van der Waals surface area (Å²) in [5.41, 5.74) is 0. The lowest BCUT2D eigenvalue weighted by atomic mass is 10.2. The average molecular weight is 444 g/mol. The van der Waals surface area contributed by atoms with Crippen molar-refractivity contribution in [2.24, 2.45) is 0 Å². The van der Waals surface area contributed by atoms with Crippen molar-refractivity contribution in [1.29, 1.82) is 0 Å². The molecule has 1 radical (unpaired) electrons. The van der Waals surface area contributed by atoms with Crippen LogP contribution < -0.4 is 0 Å². The van der Waals surface area contributed by atoms with Gasteiger partial charge in [-0.15, -0.1) is 0 Å². The first-order chi connectivity index (χ1) is 11.7. The van der Waals surface area contributed by atoms with E-state index in [-0.39, 0.29) is 30.2 Å². The molecule has 0 heterocycles. The predicted molar refractivity (Wildman–Crippen MR) is 138 cm³/mol. The van der Waals surface area contributed by atoms with Gasteiger partial charge in [-0.3, -0.25) is 0 Å². The van der Waals surface area contributed by atoms with Crippen molar-refractivity contribution in [3.63, 3.8) is 0 Å². The van der Waals surface area contributed by atoms with Gasteiger partial charge in [0.15, 0.2) is 8.08 Å². The van der Waals surface area contributed by atoms with Crippen molar-refractivity contribution in [1.82, 2.24) is 0 Å². The Bertz CT molecular complexity index is 415. The zero-order valence-corrected chi connectivity index (χ0v) is 25.9. The van der Waals surface area contributed by atoms with Gasteiger partial charge in [-0.2, -0.15) is 0 Å². The van der Waals surface area contributed by atoms with Crippen molar-refractivity contribution in [3.05, 3.63) is 0 Å². The Labute approximate surface area is 182 Å². The summed E-state index contributed by atoms with van der Waals surface area (Å²) in [5, 5.41) is 0.789. The van der Waals surface area contributed by atoms with Gasteiger partial charge in [0.25, 0.3) is 0 Å². The second kappa shape index (κ2) is 7.34. The molecule has 0 bridgehead atoms. The van der Waals surface area contributed by atoms with Gasteiger partial charge >= 0.3 is 0 Å². The predicted octanol–water partition coefficient (Wildman–Crippen LogP) is 8.83. The lowest BCUT2D eigenvalue weighted by Gasteiger charge is -2.70. The molecule has 1 nitrogen and oxygen atoms in total. The van der Waals surface area contributed by atoms with E-state index in [2.05, 4.69) is 125 Å². The van der Waals surface area contributed by atoms with Crippen LogP contribution in [0.1, 0.15) is 125 Å². The van der Waals surface area contributed by atoms with Gasteiger partial charge in [0.2, 0.25) is 0 Å². The van der Waals surface area contributed by atoms with Crippen LogP contribution in [0.3, 0.4) is 0 Å². The molecule has 0 aromatic rings. The Morgan fingerprint density at radius 3 is 0.536 bits per heavy atom. The van der Waals surface area contributed by atoms with Gasteiger partial charge in [-0.1, -0.05) is 125 Å². The second-order valence-corrected chi connectivity index (χ2v) is 36.9. The number of hydrogen-bond acceptors (Lipinski definition) is 1. The standard InChI is InChI=1S/C24H55OSi3/c1-19(2,3)27(20(4,5)6,21(7,8)9)26(25)28(22(10,11)12,23(13,14)15)24(16,17)18/h25H,1-18H3. The highest BCUT2D eigenvalue weighted by Gasteiger charge is 2.75. The van der Waals surface area contributed by atoms with Crippen LogP contribution in [0.4, 0.5) is 0 Å². The number of rotatable bonds is 2. The number of hydrogen-bond donors (Lipinski definition) is 1. The lowest BCUT2D eigenvalue weighted by Crippen LogP contribution is -2.83. The smallest absolute Gasteiger partial charge is 0.182 e. The van der Waals surface area contributed by atoms with E-state index in [1.807, 2.05) is 0 Å². The van der Waals surface area contributed by atoms with E-state index in [1.165, 1.54) is 0 Å². The molecule has 0 fully saturated rings. The molecule has 0 aromatic heterocycles. The van der Waals surface area contributed by atoms with E-state index in [4.69, 9.17) is 0 Å². The van der Waals surface area contributed by atoms with Crippen molar-refractivity contribution in [2.45, 2.75) is 155 Å². The fourth-order valence-corrected chi connectivity index (χ4v) is 67.3. The third kappa shape index (κ3) is 3.93. The molecule has 0 rings (SSSR count). The Kier molecular flexibility index (Phi) is 7.50. The molecule has 0 aliphatic rings. The normalized spacial score (nSPS) is 16.7. The quantitative estimate of drug-likeness (QED) is 0.422. The van der Waals surface area contributed by atoms with Crippen molar-refractivity contribution in [3.8, 4) is 0 Å². The molecule has 0 saturated carbocycles. The van der Waals surface area contributed by atoms with Crippen LogP contribution in [-0.2, 0) is 0 Å². The maximum atomic E-state index is 13.1. The van der Waals surface area contributed by atoms with Gasteiger partial charge in [0.05, 0.1) is 15.2 Å². The maximum absolute atomic E-state index is 13.1. The molecule has 4 heteroatoms. The zero-order valence-electron chi connectivity index (χ0n) is 22.9. The summed E-state index contributed by atoms with van der Waals surface area (Å²) < 4.78 is 0. The molecular formula is C24H55OSi3. The minimum Gasteiger partial charge on any atom is -0.438 e. The molecule has 0 aliphatic carbocycles. The molecule has 0 spiro atoms. The van der Waals surface area contributed by atoms with E-state index in [0.717, 1.165) is 0 Å². The van der Waals surface area contributed by atoms with E-state index in [1.54, 1.807) is 0 Å². The van der Waals surface area contributed by atoms with Crippen LogP contribution in [0.15, 0.2) is 0 Å². The van der Waals surface area contributed by atoms with Gasteiger partial charge in [0.1, 0.15) is 0 Å². The van der Waals surface area contributed by atoms with E-state index in [0.29, 0.717) is 0 Å². The highest BCUT2D eigenvalue weighted by Crippen LogP contribution is 2.70. The summed E-state index contributed by atoms with van der Waals surface area (Å²) in [4.78, 5) is 13.1. The Hall–Kier alpha value is 0.611. The first kappa shape index (κ1) is 28.6. The molecule has 0 aromatic carbocycles. The molecule has 169 valence electrons. The zero-order chi connectivity index (χ0) is 23.6. The van der Waals surface area contributed by atoms with Crippen LogP contribution in [0.25, 0.3) is 0 Å². The maximum Gasteiger partial charge on any atom is 0.182 e. The highest BCUT2D eigenvalue weighted by molar-refractivity contribution is 7.62. The fourth-order valence-electron chi connectivity index (χ4n) is 9.16. The summed E-state index contributed by atoms with van der Waals surface area (Å²) in [5.74, 6) is 0. The molecule has 0 amide bonds. The van der Waals surface area contributed by atoms with Gasteiger partial charge in [0, 0.05) is 0 Å². The first-order valence-corrected chi connectivity index (χ1v) is 18.7. The van der Waals surface area contributed by atoms with Gasteiger partial charge < -0.3 is 4.80 Å². The van der Waals surface area contributed by atoms with Crippen LogP contribution >= 0.6 is 0 Å². The second-order valence-electron chi connectivity index (χ2n) is 15.3. The van der Waals surface area contributed by atoms with Crippen LogP contribution in [-0.4, -0.2) is 28.1 Å². The first-order valence-electron chi connectivity index (χ1n) is 11.2. The monoisotopic (exact) mass is 443 g/mol. The summed E-state index contributed by atoms with van der Waals surface area (Å²) in [6, 6.07) is 0. The minimum absolute atomic E-state index is 0.131. The third-order valence-electron chi connectivity index (χ3n) is 7.46. The van der Waals surface area contributed by atoms with Crippen LogP contribution in [0.5, 0.6) is 0 Å².